The van der Waals surface area contributed by atoms with Gasteiger partial charge in [-0.2, -0.15) is 0 Å². The lowest BCUT2D eigenvalue weighted by Crippen LogP contribution is -2.29. The molecule has 140 valence electrons. The molecule has 0 amide bonds. The highest BCUT2D eigenvalue weighted by atomic mass is 28.4. The Morgan fingerprint density at radius 1 is 0.652 bits per heavy atom. The Morgan fingerprint density at radius 3 is 1.43 bits per heavy atom. The highest BCUT2D eigenvalue weighted by Crippen LogP contribution is 2.18. The summed E-state index contributed by atoms with van der Waals surface area (Å²) in [6.45, 7) is 12.4. The van der Waals surface area contributed by atoms with Crippen LogP contribution in [0, 0.1) is 5.92 Å². The monoisotopic (exact) mass is 342 g/mol. The second-order valence-electron chi connectivity index (χ2n) is 8.37. The number of rotatable bonds is 17. The first kappa shape index (κ1) is 23.2. The van der Waals surface area contributed by atoms with Crippen molar-refractivity contribution >= 4 is 8.32 Å². The van der Waals surface area contributed by atoms with Gasteiger partial charge in [0.1, 0.15) is 0 Å². The molecule has 1 nitrogen and oxygen atoms in total. The fourth-order valence-electron chi connectivity index (χ4n) is 3.33. The lowest BCUT2D eigenvalue weighted by molar-refractivity contribution is 0.327. The molecule has 0 aromatic heterocycles. The van der Waals surface area contributed by atoms with Gasteiger partial charge in [-0.05, 0) is 32.0 Å². The fraction of sp³-hybridized carbons (Fsp3) is 1.00. The highest BCUT2D eigenvalue weighted by Gasteiger charge is 2.20. The first-order valence-electron chi connectivity index (χ1n) is 10.6. The SMILES string of the molecule is CCO[Si](C)(C)CCCCCCCCCCCCCCC(C)C. The summed E-state index contributed by atoms with van der Waals surface area (Å²) in [6.07, 6.45) is 18.8. The maximum atomic E-state index is 5.89. The van der Waals surface area contributed by atoms with E-state index in [-0.39, 0.29) is 0 Å². The Balaban J connectivity index is 3.14. The average molecular weight is 343 g/mol. The molecule has 0 aliphatic carbocycles. The van der Waals surface area contributed by atoms with E-state index in [1.807, 2.05) is 0 Å². The van der Waals surface area contributed by atoms with Gasteiger partial charge < -0.3 is 4.43 Å². The molecule has 0 bridgehead atoms. The van der Waals surface area contributed by atoms with Gasteiger partial charge in [-0.3, -0.25) is 0 Å². The maximum absolute atomic E-state index is 5.89. The highest BCUT2D eigenvalue weighted by molar-refractivity contribution is 6.71. The summed E-state index contributed by atoms with van der Waals surface area (Å²) in [5.74, 6) is 0.891. The normalized spacial score (nSPS) is 12.3. The van der Waals surface area contributed by atoms with Crippen molar-refractivity contribution in [3.8, 4) is 0 Å². The summed E-state index contributed by atoms with van der Waals surface area (Å²) in [5, 5.41) is 0. The molecule has 0 radical (unpaired) electrons. The maximum Gasteiger partial charge on any atom is 0.186 e. The molecule has 0 aliphatic heterocycles. The van der Waals surface area contributed by atoms with Crippen molar-refractivity contribution in [1.29, 1.82) is 0 Å². The molecule has 0 aromatic carbocycles. The summed E-state index contributed by atoms with van der Waals surface area (Å²) in [5.41, 5.74) is 0. The van der Waals surface area contributed by atoms with Crippen LogP contribution in [-0.4, -0.2) is 14.9 Å². The molecule has 0 heterocycles. The second-order valence-corrected chi connectivity index (χ2v) is 12.7. The van der Waals surface area contributed by atoms with Gasteiger partial charge in [0.15, 0.2) is 8.32 Å². The van der Waals surface area contributed by atoms with Crippen LogP contribution in [0.2, 0.25) is 19.1 Å². The molecule has 0 atom stereocenters. The summed E-state index contributed by atoms with van der Waals surface area (Å²) >= 11 is 0. The van der Waals surface area contributed by atoms with Crippen molar-refractivity contribution in [2.24, 2.45) is 5.92 Å². The zero-order valence-electron chi connectivity index (χ0n) is 17.1. The van der Waals surface area contributed by atoms with E-state index in [0.29, 0.717) is 0 Å². The van der Waals surface area contributed by atoms with Crippen molar-refractivity contribution < 1.29 is 4.43 Å². The third-order valence-electron chi connectivity index (χ3n) is 4.85. The molecular formula is C21H46OSi. The van der Waals surface area contributed by atoms with E-state index < -0.39 is 8.32 Å². The molecule has 0 aromatic rings. The van der Waals surface area contributed by atoms with Crippen LogP contribution < -0.4 is 0 Å². The van der Waals surface area contributed by atoms with E-state index in [0.717, 1.165) is 12.5 Å². The van der Waals surface area contributed by atoms with Gasteiger partial charge in [-0.15, -0.1) is 0 Å². The Labute approximate surface area is 149 Å². The second kappa shape index (κ2) is 15.7. The van der Waals surface area contributed by atoms with Gasteiger partial charge in [-0.25, -0.2) is 0 Å². The van der Waals surface area contributed by atoms with Gasteiger partial charge in [0.2, 0.25) is 0 Å². The average Bonchev–Trinajstić information content (AvgIpc) is 2.47. The predicted octanol–water partition coefficient (Wildman–Crippen LogP) is 7.96. The first-order valence-corrected chi connectivity index (χ1v) is 13.7. The van der Waals surface area contributed by atoms with Gasteiger partial charge >= 0.3 is 0 Å². The summed E-state index contributed by atoms with van der Waals surface area (Å²) in [7, 11) is -1.31. The molecule has 0 saturated heterocycles. The van der Waals surface area contributed by atoms with Crippen molar-refractivity contribution in [1.82, 2.24) is 0 Å². The van der Waals surface area contributed by atoms with Crippen LogP contribution in [0.15, 0.2) is 0 Å². The van der Waals surface area contributed by atoms with Crippen molar-refractivity contribution in [2.45, 2.75) is 123 Å². The third kappa shape index (κ3) is 18.4. The summed E-state index contributed by atoms with van der Waals surface area (Å²) < 4.78 is 5.89. The minimum absolute atomic E-state index is 0.891. The van der Waals surface area contributed by atoms with Crippen LogP contribution >= 0.6 is 0 Å². The summed E-state index contributed by atoms with van der Waals surface area (Å²) in [4.78, 5) is 0. The molecule has 0 rings (SSSR count). The van der Waals surface area contributed by atoms with Crippen LogP contribution in [0.3, 0.4) is 0 Å². The molecule has 0 N–H and O–H groups in total. The lowest BCUT2D eigenvalue weighted by Gasteiger charge is -2.21. The van der Waals surface area contributed by atoms with E-state index in [2.05, 4.69) is 33.9 Å². The van der Waals surface area contributed by atoms with E-state index in [4.69, 9.17) is 4.43 Å². The molecule has 2 heteroatoms. The Kier molecular flexibility index (Phi) is 15.8. The number of hydrogen-bond donors (Lipinski definition) is 0. The minimum Gasteiger partial charge on any atom is -0.418 e. The topological polar surface area (TPSA) is 9.23 Å². The standard InChI is InChI=1S/C21H46OSi/c1-6-22-23(4,5)20-18-16-14-12-10-8-7-9-11-13-15-17-19-21(2)3/h21H,6-20H2,1-5H3. The molecular weight excluding hydrogens is 296 g/mol. The number of unbranched alkanes of at least 4 members (excludes halogenated alkanes) is 11. The van der Waals surface area contributed by atoms with Crippen molar-refractivity contribution in [3.63, 3.8) is 0 Å². The van der Waals surface area contributed by atoms with Gasteiger partial charge in [0.05, 0.1) is 0 Å². The Hall–Kier alpha value is 0.177. The van der Waals surface area contributed by atoms with Gasteiger partial charge in [0, 0.05) is 6.61 Å². The van der Waals surface area contributed by atoms with E-state index in [1.165, 1.54) is 89.5 Å². The molecule has 0 saturated carbocycles. The molecule has 0 unspecified atom stereocenters. The largest absolute Gasteiger partial charge is 0.418 e. The molecule has 0 fully saturated rings. The molecule has 0 aliphatic rings. The van der Waals surface area contributed by atoms with E-state index in [1.54, 1.807) is 0 Å². The van der Waals surface area contributed by atoms with Crippen LogP contribution in [0.5, 0.6) is 0 Å². The zero-order chi connectivity index (χ0) is 17.4. The zero-order valence-corrected chi connectivity index (χ0v) is 18.1. The quantitative estimate of drug-likeness (QED) is 0.192. The molecule has 23 heavy (non-hydrogen) atoms. The predicted molar refractivity (Wildman–Crippen MR) is 109 cm³/mol. The minimum atomic E-state index is -1.31. The molecule has 0 spiro atoms. The van der Waals surface area contributed by atoms with E-state index in [9.17, 15) is 0 Å². The van der Waals surface area contributed by atoms with Crippen LogP contribution in [0.1, 0.15) is 104 Å². The number of hydrogen-bond acceptors (Lipinski definition) is 1. The van der Waals surface area contributed by atoms with Crippen LogP contribution in [0.4, 0.5) is 0 Å². The summed E-state index contributed by atoms with van der Waals surface area (Å²) in [6, 6.07) is 1.34. The lowest BCUT2D eigenvalue weighted by atomic mass is 10.0. The Morgan fingerprint density at radius 2 is 1.04 bits per heavy atom. The Bertz CT molecular complexity index is 238. The van der Waals surface area contributed by atoms with Gasteiger partial charge in [-0.1, -0.05) is 97.3 Å². The van der Waals surface area contributed by atoms with Crippen LogP contribution in [0.25, 0.3) is 0 Å². The van der Waals surface area contributed by atoms with Gasteiger partial charge in [0.25, 0.3) is 0 Å². The van der Waals surface area contributed by atoms with Crippen molar-refractivity contribution in [2.75, 3.05) is 6.61 Å². The fourth-order valence-corrected chi connectivity index (χ4v) is 5.36. The van der Waals surface area contributed by atoms with E-state index >= 15 is 0 Å². The van der Waals surface area contributed by atoms with Crippen molar-refractivity contribution in [3.05, 3.63) is 0 Å². The third-order valence-corrected chi connectivity index (χ3v) is 7.47. The first-order chi connectivity index (χ1) is 11.0. The smallest absolute Gasteiger partial charge is 0.186 e. The van der Waals surface area contributed by atoms with Crippen LogP contribution in [-0.2, 0) is 4.43 Å².